The van der Waals surface area contributed by atoms with Gasteiger partial charge in [-0.15, -0.1) is 0 Å². The second-order valence-corrected chi connectivity index (χ2v) is 11.8. The molecule has 0 aliphatic rings. The summed E-state index contributed by atoms with van der Waals surface area (Å²) in [7, 11) is -1.17. The molecule has 2 atom stereocenters. The largest absolute Gasteiger partial charge is 0.465 e. The van der Waals surface area contributed by atoms with Gasteiger partial charge in [0.05, 0.1) is 8.07 Å². The molecule has 0 N–H and O–H groups in total. The standard InChI is InChI=1S/C16H28O2Si/c1-7-13(2)15-8-10-16(11-9-15)18-14(3)17-12-19(4,5)6/h8-11,13-14H,7,12H2,1-6H3. The van der Waals surface area contributed by atoms with Crippen LogP contribution >= 0.6 is 0 Å². The first-order chi connectivity index (χ1) is 8.81. The van der Waals surface area contributed by atoms with E-state index in [2.05, 4.69) is 45.6 Å². The van der Waals surface area contributed by atoms with E-state index < -0.39 is 8.07 Å². The van der Waals surface area contributed by atoms with Crippen molar-refractivity contribution in [2.75, 3.05) is 6.23 Å². The van der Waals surface area contributed by atoms with Crippen LogP contribution in [0.1, 0.15) is 38.7 Å². The van der Waals surface area contributed by atoms with Crippen LogP contribution in [0.4, 0.5) is 0 Å². The van der Waals surface area contributed by atoms with Gasteiger partial charge in [-0.1, -0.05) is 45.6 Å². The third-order valence-electron chi connectivity index (χ3n) is 3.11. The first kappa shape index (κ1) is 16.3. The Bertz CT molecular complexity index is 367. The highest BCUT2D eigenvalue weighted by atomic mass is 28.3. The average molecular weight is 280 g/mol. The van der Waals surface area contributed by atoms with Gasteiger partial charge in [-0.3, -0.25) is 0 Å². The molecule has 1 aromatic carbocycles. The number of benzene rings is 1. The van der Waals surface area contributed by atoms with Crippen molar-refractivity contribution in [2.45, 2.75) is 59.0 Å². The topological polar surface area (TPSA) is 18.5 Å². The van der Waals surface area contributed by atoms with Crippen molar-refractivity contribution in [1.82, 2.24) is 0 Å². The van der Waals surface area contributed by atoms with E-state index in [1.165, 1.54) is 5.56 Å². The lowest BCUT2D eigenvalue weighted by atomic mass is 9.99. The van der Waals surface area contributed by atoms with Gasteiger partial charge < -0.3 is 9.47 Å². The maximum atomic E-state index is 5.78. The molecule has 1 aromatic rings. The summed E-state index contributed by atoms with van der Waals surface area (Å²) in [5, 5.41) is 0. The average Bonchev–Trinajstić information content (AvgIpc) is 2.35. The maximum absolute atomic E-state index is 5.78. The molecule has 0 heterocycles. The van der Waals surface area contributed by atoms with Crippen molar-refractivity contribution in [3.05, 3.63) is 29.8 Å². The molecule has 0 aromatic heterocycles. The molecular formula is C16H28O2Si. The summed E-state index contributed by atoms with van der Waals surface area (Å²) in [5.74, 6) is 1.49. The number of hydrogen-bond acceptors (Lipinski definition) is 2. The van der Waals surface area contributed by atoms with Gasteiger partial charge in [0, 0.05) is 6.23 Å². The Labute approximate surface area is 119 Å². The lowest BCUT2D eigenvalue weighted by Gasteiger charge is -2.21. The molecular weight excluding hydrogens is 252 g/mol. The zero-order chi connectivity index (χ0) is 14.5. The molecule has 0 spiro atoms. The monoisotopic (exact) mass is 280 g/mol. The highest BCUT2D eigenvalue weighted by Crippen LogP contribution is 2.22. The van der Waals surface area contributed by atoms with E-state index in [1.54, 1.807) is 0 Å². The van der Waals surface area contributed by atoms with Crippen LogP contribution in [0.15, 0.2) is 24.3 Å². The Morgan fingerprint density at radius 3 is 2.11 bits per heavy atom. The molecule has 108 valence electrons. The Morgan fingerprint density at radius 2 is 1.63 bits per heavy atom. The van der Waals surface area contributed by atoms with Gasteiger partial charge in [0.2, 0.25) is 0 Å². The van der Waals surface area contributed by atoms with Crippen molar-refractivity contribution in [3.63, 3.8) is 0 Å². The summed E-state index contributed by atoms with van der Waals surface area (Å²) < 4.78 is 11.5. The summed E-state index contributed by atoms with van der Waals surface area (Å²) in [5.41, 5.74) is 1.37. The van der Waals surface area contributed by atoms with E-state index in [1.807, 2.05) is 19.1 Å². The van der Waals surface area contributed by atoms with E-state index in [-0.39, 0.29) is 6.29 Å². The zero-order valence-electron chi connectivity index (χ0n) is 13.2. The maximum Gasteiger partial charge on any atom is 0.196 e. The molecule has 0 saturated carbocycles. The molecule has 2 nitrogen and oxygen atoms in total. The van der Waals surface area contributed by atoms with E-state index in [0.717, 1.165) is 18.4 Å². The SMILES string of the molecule is CCC(C)c1ccc(OC(C)OC[Si](C)(C)C)cc1. The Kier molecular flexibility index (Phi) is 6.08. The highest BCUT2D eigenvalue weighted by molar-refractivity contribution is 6.76. The number of ether oxygens (including phenoxy) is 2. The summed E-state index contributed by atoms with van der Waals surface area (Å²) in [4.78, 5) is 0. The van der Waals surface area contributed by atoms with Crippen LogP contribution in [-0.2, 0) is 4.74 Å². The van der Waals surface area contributed by atoms with Crippen LogP contribution in [0.25, 0.3) is 0 Å². The summed E-state index contributed by atoms with van der Waals surface area (Å²) in [6.45, 7) is 13.3. The number of rotatable bonds is 7. The van der Waals surface area contributed by atoms with Crippen molar-refractivity contribution in [2.24, 2.45) is 0 Å². The Morgan fingerprint density at radius 1 is 1.05 bits per heavy atom. The lowest BCUT2D eigenvalue weighted by Crippen LogP contribution is -2.32. The Hall–Kier alpha value is -0.803. The van der Waals surface area contributed by atoms with Crippen LogP contribution in [0.2, 0.25) is 19.6 Å². The zero-order valence-corrected chi connectivity index (χ0v) is 14.2. The minimum absolute atomic E-state index is 0.179. The van der Waals surface area contributed by atoms with Gasteiger partial charge in [0.1, 0.15) is 5.75 Å². The van der Waals surface area contributed by atoms with E-state index in [4.69, 9.17) is 9.47 Å². The molecule has 19 heavy (non-hydrogen) atoms. The van der Waals surface area contributed by atoms with Crippen molar-refractivity contribution in [3.8, 4) is 5.75 Å². The molecule has 0 aliphatic carbocycles. The third kappa shape index (κ3) is 6.26. The van der Waals surface area contributed by atoms with Crippen LogP contribution in [0.3, 0.4) is 0 Å². The molecule has 3 heteroatoms. The van der Waals surface area contributed by atoms with Crippen molar-refractivity contribution in [1.29, 1.82) is 0 Å². The van der Waals surface area contributed by atoms with E-state index in [9.17, 15) is 0 Å². The lowest BCUT2D eigenvalue weighted by molar-refractivity contribution is -0.0499. The van der Waals surface area contributed by atoms with Gasteiger partial charge in [-0.05, 0) is 37.0 Å². The van der Waals surface area contributed by atoms with Crippen LogP contribution in [-0.4, -0.2) is 20.6 Å². The minimum atomic E-state index is -1.17. The number of hydrogen-bond donors (Lipinski definition) is 0. The Balaban J connectivity index is 2.49. The third-order valence-corrected chi connectivity index (χ3v) is 4.15. The molecule has 2 unspecified atom stereocenters. The molecule has 0 radical (unpaired) electrons. The molecule has 1 rings (SSSR count). The fourth-order valence-electron chi connectivity index (χ4n) is 1.70. The predicted molar refractivity (Wildman–Crippen MR) is 84.5 cm³/mol. The van der Waals surface area contributed by atoms with E-state index >= 15 is 0 Å². The summed E-state index contributed by atoms with van der Waals surface area (Å²) >= 11 is 0. The fourth-order valence-corrected chi connectivity index (χ4v) is 2.44. The molecule has 0 amide bonds. The quantitative estimate of drug-likeness (QED) is 0.526. The highest BCUT2D eigenvalue weighted by Gasteiger charge is 2.16. The summed E-state index contributed by atoms with van der Waals surface area (Å²) in [6.07, 6.45) is 1.82. The second kappa shape index (κ2) is 7.11. The minimum Gasteiger partial charge on any atom is -0.465 e. The van der Waals surface area contributed by atoms with Crippen LogP contribution < -0.4 is 4.74 Å². The summed E-state index contributed by atoms with van der Waals surface area (Å²) in [6, 6.07) is 8.37. The fraction of sp³-hybridized carbons (Fsp3) is 0.625. The van der Waals surface area contributed by atoms with Gasteiger partial charge in [-0.25, -0.2) is 0 Å². The van der Waals surface area contributed by atoms with Crippen molar-refractivity contribution < 1.29 is 9.47 Å². The first-order valence-electron chi connectivity index (χ1n) is 7.20. The first-order valence-corrected chi connectivity index (χ1v) is 10.9. The van der Waals surface area contributed by atoms with Gasteiger partial charge in [-0.2, -0.15) is 0 Å². The van der Waals surface area contributed by atoms with E-state index in [0.29, 0.717) is 5.92 Å². The predicted octanol–water partition coefficient (Wildman–Crippen LogP) is 4.82. The molecule has 0 saturated heterocycles. The normalized spacial score (nSPS) is 15.1. The van der Waals surface area contributed by atoms with Crippen LogP contribution in [0, 0.1) is 0 Å². The molecule has 0 aliphatic heterocycles. The molecule has 0 fully saturated rings. The van der Waals surface area contributed by atoms with Gasteiger partial charge in [0.15, 0.2) is 6.29 Å². The second-order valence-electron chi connectivity index (χ2n) is 6.44. The smallest absolute Gasteiger partial charge is 0.196 e. The van der Waals surface area contributed by atoms with Crippen molar-refractivity contribution >= 4 is 8.07 Å². The van der Waals surface area contributed by atoms with Crippen LogP contribution in [0.5, 0.6) is 5.75 Å². The molecule has 0 bridgehead atoms. The van der Waals surface area contributed by atoms with Gasteiger partial charge in [0.25, 0.3) is 0 Å². The van der Waals surface area contributed by atoms with Gasteiger partial charge >= 0.3 is 0 Å².